The molecule has 1 aliphatic carbocycles. The van der Waals surface area contributed by atoms with Crippen LogP contribution in [0.1, 0.15) is 32.6 Å². The van der Waals surface area contributed by atoms with Crippen molar-refractivity contribution in [2.24, 2.45) is 11.8 Å². The first kappa shape index (κ1) is 23.2. The number of nitrogens with one attached hydrogen (secondary N) is 2. The molecule has 1 saturated carbocycles. The molecule has 4 heterocycles. The second-order valence-corrected chi connectivity index (χ2v) is 9.12. The molecule has 12 nitrogen and oxygen atoms in total. The van der Waals surface area contributed by atoms with Gasteiger partial charge < -0.3 is 24.1 Å². The van der Waals surface area contributed by atoms with Crippen LogP contribution in [0.5, 0.6) is 11.8 Å². The SMILES string of the molecule is C[C@H]1CC[C@H](Cn2c(NCCO)nc3nc(-c4n[nH]c(=O)o4)nc(Oc4ccc(Cl)cn4)c32)CC1. The van der Waals surface area contributed by atoms with E-state index in [-0.39, 0.29) is 30.1 Å². The van der Waals surface area contributed by atoms with E-state index < -0.39 is 5.76 Å². The van der Waals surface area contributed by atoms with Gasteiger partial charge in [-0.15, -0.1) is 5.10 Å². The van der Waals surface area contributed by atoms with Gasteiger partial charge in [0.1, 0.15) is 0 Å². The molecule has 0 radical (unpaired) electrons. The molecule has 0 saturated heterocycles. The standard InChI is InChI=1S/C22H25ClN8O4/c1-12-2-4-13(5-3-12)11-31-16-17(28-21(31)24-8-9-32)26-18(20-29-30-22(33)35-20)27-19(16)34-15-7-6-14(23)10-25-15/h6-7,10,12-13,32H,2-5,8-9,11H2,1H3,(H,30,33)(H,24,26,27,28)/t12-,13-. The number of aliphatic hydroxyl groups excluding tert-OH is 1. The quantitative estimate of drug-likeness (QED) is 0.328. The van der Waals surface area contributed by atoms with E-state index in [0.29, 0.717) is 41.1 Å². The predicted molar refractivity (Wildman–Crippen MR) is 127 cm³/mol. The lowest BCUT2D eigenvalue weighted by atomic mass is 9.83. The minimum atomic E-state index is -0.729. The molecule has 0 amide bonds. The molecule has 35 heavy (non-hydrogen) atoms. The first-order valence-electron chi connectivity index (χ1n) is 11.5. The second-order valence-electron chi connectivity index (χ2n) is 8.68. The zero-order valence-corrected chi connectivity index (χ0v) is 19.8. The van der Waals surface area contributed by atoms with Gasteiger partial charge in [0.05, 0.1) is 11.6 Å². The third-order valence-corrected chi connectivity index (χ3v) is 6.30. The summed E-state index contributed by atoms with van der Waals surface area (Å²) < 4.78 is 13.1. The Kier molecular flexibility index (Phi) is 6.64. The number of aromatic amines is 1. The van der Waals surface area contributed by atoms with Gasteiger partial charge in [0.15, 0.2) is 11.2 Å². The molecule has 4 aromatic heterocycles. The molecule has 4 aromatic rings. The number of imidazole rings is 1. The lowest BCUT2D eigenvalue weighted by Crippen LogP contribution is -2.20. The summed E-state index contributed by atoms with van der Waals surface area (Å²) in [6, 6.07) is 3.28. The zero-order chi connectivity index (χ0) is 24.4. The van der Waals surface area contributed by atoms with Crippen LogP contribution < -0.4 is 15.8 Å². The number of anilines is 1. The zero-order valence-electron chi connectivity index (χ0n) is 19.1. The number of nitrogens with zero attached hydrogens (tertiary/aromatic N) is 6. The minimum Gasteiger partial charge on any atom is -0.418 e. The predicted octanol–water partition coefficient (Wildman–Crippen LogP) is 3.24. The highest BCUT2D eigenvalue weighted by atomic mass is 35.5. The maximum atomic E-state index is 11.5. The fourth-order valence-electron chi connectivity index (χ4n) is 4.27. The Balaban J connectivity index is 1.63. The van der Waals surface area contributed by atoms with Crippen molar-refractivity contribution in [1.29, 1.82) is 0 Å². The van der Waals surface area contributed by atoms with E-state index in [1.165, 1.54) is 19.0 Å². The number of aromatic nitrogens is 7. The van der Waals surface area contributed by atoms with Gasteiger partial charge in [-0.1, -0.05) is 31.4 Å². The van der Waals surface area contributed by atoms with Crippen LogP contribution in [0.4, 0.5) is 5.95 Å². The van der Waals surface area contributed by atoms with Crippen molar-refractivity contribution >= 4 is 28.7 Å². The number of H-pyrrole nitrogens is 1. The molecule has 0 aliphatic heterocycles. The monoisotopic (exact) mass is 500 g/mol. The van der Waals surface area contributed by atoms with Gasteiger partial charge in [-0.05, 0) is 30.7 Å². The van der Waals surface area contributed by atoms with E-state index in [4.69, 9.17) is 20.8 Å². The van der Waals surface area contributed by atoms with Crippen LogP contribution in [-0.4, -0.2) is 53.0 Å². The number of hydrogen-bond acceptors (Lipinski definition) is 10. The Bertz CT molecular complexity index is 1360. The third-order valence-electron chi connectivity index (χ3n) is 6.07. The molecular weight excluding hydrogens is 476 g/mol. The average molecular weight is 501 g/mol. The highest BCUT2D eigenvalue weighted by Crippen LogP contribution is 2.35. The molecule has 3 N–H and O–H groups in total. The summed E-state index contributed by atoms with van der Waals surface area (Å²) in [6.07, 6.45) is 6.03. The van der Waals surface area contributed by atoms with Gasteiger partial charge in [0.25, 0.3) is 11.8 Å². The molecule has 0 atom stereocenters. The third kappa shape index (κ3) is 5.13. The summed E-state index contributed by atoms with van der Waals surface area (Å²) in [7, 11) is 0. The number of rotatable bonds is 8. The summed E-state index contributed by atoms with van der Waals surface area (Å²) in [5, 5.41) is 19.1. The molecule has 0 aromatic carbocycles. The van der Waals surface area contributed by atoms with Crippen LogP contribution in [0.3, 0.4) is 0 Å². The Morgan fingerprint density at radius 3 is 2.77 bits per heavy atom. The normalized spacial score (nSPS) is 18.1. The van der Waals surface area contributed by atoms with E-state index in [1.807, 2.05) is 4.57 Å². The molecule has 0 bridgehead atoms. The lowest BCUT2D eigenvalue weighted by Gasteiger charge is -2.27. The van der Waals surface area contributed by atoms with Crippen LogP contribution in [0.15, 0.2) is 27.5 Å². The first-order chi connectivity index (χ1) is 17.0. The van der Waals surface area contributed by atoms with Crippen molar-refractivity contribution < 1.29 is 14.3 Å². The molecule has 0 spiro atoms. The summed E-state index contributed by atoms with van der Waals surface area (Å²) >= 11 is 5.97. The smallest absolute Gasteiger partial charge is 0.418 e. The number of ether oxygens (including phenoxy) is 1. The summed E-state index contributed by atoms with van der Waals surface area (Å²) in [5.74, 6) is 1.37. The fourth-order valence-corrected chi connectivity index (χ4v) is 4.38. The van der Waals surface area contributed by atoms with Crippen LogP contribution in [0.25, 0.3) is 22.9 Å². The van der Waals surface area contributed by atoms with Crippen molar-refractivity contribution in [1.82, 2.24) is 34.7 Å². The van der Waals surface area contributed by atoms with Crippen molar-refractivity contribution in [3.05, 3.63) is 33.9 Å². The number of halogens is 1. The summed E-state index contributed by atoms with van der Waals surface area (Å²) in [4.78, 5) is 29.4. The van der Waals surface area contributed by atoms with Gasteiger partial charge in [-0.2, -0.15) is 9.97 Å². The van der Waals surface area contributed by atoms with Gasteiger partial charge >= 0.3 is 5.76 Å². The Hall–Kier alpha value is -3.51. The minimum absolute atomic E-state index is 0.0321. The number of fused-ring (bicyclic) bond motifs is 1. The van der Waals surface area contributed by atoms with Crippen LogP contribution in [0.2, 0.25) is 5.02 Å². The van der Waals surface area contributed by atoms with Crippen molar-refractivity contribution in [2.75, 3.05) is 18.5 Å². The Labute approximate surface area is 204 Å². The van der Waals surface area contributed by atoms with Crippen molar-refractivity contribution in [3.63, 3.8) is 0 Å². The highest BCUT2D eigenvalue weighted by Gasteiger charge is 2.26. The average Bonchev–Trinajstić information content (AvgIpc) is 3.44. The van der Waals surface area contributed by atoms with Crippen LogP contribution in [0, 0.1) is 11.8 Å². The van der Waals surface area contributed by atoms with Gasteiger partial charge in [0.2, 0.25) is 17.7 Å². The Morgan fingerprint density at radius 2 is 2.09 bits per heavy atom. The topological polar surface area (TPSA) is 157 Å². The first-order valence-corrected chi connectivity index (χ1v) is 11.9. The van der Waals surface area contributed by atoms with Crippen molar-refractivity contribution in [2.45, 2.75) is 39.2 Å². The van der Waals surface area contributed by atoms with Gasteiger partial charge in [-0.25, -0.2) is 19.9 Å². The molecule has 1 aliphatic rings. The highest BCUT2D eigenvalue weighted by molar-refractivity contribution is 6.30. The van der Waals surface area contributed by atoms with E-state index >= 15 is 0 Å². The second kappa shape index (κ2) is 10.0. The summed E-state index contributed by atoms with van der Waals surface area (Å²) in [6.45, 7) is 3.22. The van der Waals surface area contributed by atoms with Crippen LogP contribution in [-0.2, 0) is 6.54 Å². The largest absolute Gasteiger partial charge is 0.434 e. The lowest BCUT2D eigenvalue weighted by molar-refractivity contribution is 0.266. The molecular formula is C22H25ClN8O4. The van der Waals surface area contributed by atoms with E-state index in [1.54, 1.807) is 12.1 Å². The maximum Gasteiger partial charge on any atom is 0.434 e. The molecule has 13 heteroatoms. The van der Waals surface area contributed by atoms with E-state index in [2.05, 4.69) is 42.4 Å². The van der Waals surface area contributed by atoms with Crippen molar-refractivity contribution in [3.8, 4) is 23.5 Å². The molecule has 5 rings (SSSR count). The molecule has 184 valence electrons. The number of pyridine rings is 1. The van der Waals surface area contributed by atoms with E-state index in [0.717, 1.165) is 18.8 Å². The Morgan fingerprint density at radius 1 is 1.26 bits per heavy atom. The number of hydrogen-bond donors (Lipinski definition) is 3. The summed E-state index contributed by atoms with van der Waals surface area (Å²) in [5.41, 5.74) is 0.886. The molecule has 1 fully saturated rings. The molecule has 0 unspecified atom stereocenters. The maximum absolute atomic E-state index is 11.5. The number of aliphatic hydroxyl groups is 1. The van der Waals surface area contributed by atoms with Gasteiger partial charge in [0, 0.05) is 25.4 Å². The van der Waals surface area contributed by atoms with E-state index in [9.17, 15) is 9.90 Å². The van der Waals surface area contributed by atoms with Crippen LogP contribution >= 0.6 is 11.6 Å². The fraction of sp³-hybridized carbons (Fsp3) is 0.455. The van der Waals surface area contributed by atoms with Gasteiger partial charge in [-0.3, -0.25) is 0 Å².